The Bertz CT molecular complexity index is 1280. The Labute approximate surface area is 188 Å². The van der Waals surface area contributed by atoms with Crippen LogP contribution in [0.5, 0.6) is 0 Å². The Morgan fingerprint density at radius 2 is 1.75 bits per heavy atom. The fourth-order valence-electron chi connectivity index (χ4n) is 5.11. The van der Waals surface area contributed by atoms with Crippen molar-refractivity contribution < 1.29 is 0 Å². The summed E-state index contributed by atoms with van der Waals surface area (Å²) in [5.74, 6) is 1.42. The predicted molar refractivity (Wildman–Crippen MR) is 127 cm³/mol. The first kappa shape index (κ1) is 20.8. The van der Waals surface area contributed by atoms with E-state index in [0.717, 1.165) is 77.5 Å². The molecule has 0 radical (unpaired) electrons. The normalized spacial score (nSPS) is 15.7. The van der Waals surface area contributed by atoms with Crippen molar-refractivity contribution in [3.63, 3.8) is 0 Å². The number of piperidine rings is 1. The van der Waals surface area contributed by atoms with E-state index in [1.807, 2.05) is 23.9 Å². The lowest BCUT2D eigenvalue weighted by Crippen LogP contribution is -2.33. The minimum atomic E-state index is 0.504. The molecular formula is C25H31N7. The number of benzene rings is 1. The van der Waals surface area contributed by atoms with Gasteiger partial charge in [-0.05, 0) is 65.3 Å². The summed E-state index contributed by atoms with van der Waals surface area (Å²) < 4.78 is 1.94. The highest BCUT2D eigenvalue weighted by Crippen LogP contribution is 2.35. The summed E-state index contributed by atoms with van der Waals surface area (Å²) in [5.41, 5.74) is 9.03. The summed E-state index contributed by atoms with van der Waals surface area (Å²) in [7, 11) is 1.99. The number of para-hydroxylation sites is 1. The van der Waals surface area contributed by atoms with E-state index in [2.05, 4.69) is 54.9 Å². The predicted octanol–water partition coefficient (Wildman–Crippen LogP) is 4.37. The Morgan fingerprint density at radius 3 is 2.47 bits per heavy atom. The Hall–Kier alpha value is -3.06. The second-order valence-electron chi connectivity index (χ2n) is 9.07. The average molecular weight is 430 g/mol. The summed E-state index contributed by atoms with van der Waals surface area (Å²) in [5, 5.41) is 13.8. The monoisotopic (exact) mass is 429 g/mol. The molecule has 0 atom stereocenters. The summed E-state index contributed by atoms with van der Waals surface area (Å²) >= 11 is 0. The van der Waals surface area contributed by atoms with Crippen LogP contribution in [0.1, 0.15) is 52.9 Å². The summed E-state index contributed by atoms with van der Waals surface area (Å²) in [6.07, 6.45) is 2.22. The van der Waals surface area contributed by atoms with Gasteiger partial charge in [-0.3, -0.25) is 14.7 Å². The fourth-order valence-corrected chi connectivity index (χ4v) is 5.11. The smallest absolute Gasteiger partial charge is 0.143 e. The molecule has 1 fully saturated rings. The van der Waals surface area contributed by atoms with Crippen molar-refractivity contribution in [2.24, 2.45) is 7.05 Å². The van der Waals surface area contributed by atoms with Gasteiger partial charge in [0.15, 0.2) is 0 Å². The molecule has 0 amide bonds. The number of rotatable bonds is 4. The van der Waals surface area contributed by atoms with Crippen LogP contribution in [-0.2, 0) is 13.6 Å². The number of nitrogens with zero attached hydrogens (tertiary/aromatic N) is 6. The maximum Gasteiger partial charge on any atom is 0.143 e. The van der Waals surface area contributed by atoms with E-state index >= 15 is 0 Å². The molecule has 32 heavy (non-hydrogen) atoms. The topological polar surface area (TPSA) is 75.5 Å². The first-order valence-corrected chi connectivity index (χ1v) is 11.4. The van der Waals surface area contributed by atoms with Gasteiger partial charge in [0.1, 0.15) is 5.82 Å². The van der Waals surface area contributed by atoms with Gasteiger partial charge in [0.25, 0.3) is 0 Å². The zero-order valence-corrected chi connectivity index (χ0v) is 19.6. The second kappa shape index (κ2) is 8.13. The van der Waals surface area contributed by atoms with Gasteiger partial charge in [0.05, 0.1) is 23.4 Å². The number of likely N-dealkylation sites (tertiary alicyclic amines) is 1. The van der Waals surface area contributed by atoms with Gasteiger partial charge in [-0.15, -0.1) is 0 Å². The van der Waals surface area contributed by atoms with E-state index < -0.39 is 0 Å². The van der Waals surface area contributed by atoms with Crippen LogP contribution in [0.15, 0.2) is 24.3 Å². The van der Waals surface area contributed by atoms with E-state index in [-0.39, 0.29) is 0 Å². The number of nitrogens with one attached hydrogen (secondary N) is 1. The molecule has 7 nitrogen and oxygen atoms in total. The summed E-state index contributed by atoms with van der Waals surface area (Å²) in [6, 6.07) is 8.25. The van der Waals surface area contributed by atoms with Crippen LogP contribution in [0.4, 0.5) is 0 Å². The first-order valence-electron chi connectivity index (χ1n) is 11.4. The van der Waals surface area contributed by atoms with Crippen LogP contribution in [0, 0.1) is 27.7 Å². The van der Waals surface area contributed by atoms with E-state index in [1.165, 1.54) is 11.3 Å². The second-order valence-corrected chi connectivity index (χ2v) is 9.07. The molecule has 0 spiro atoms. The number of aryl methyl sites for hydroxylation is 3. The molecule has 1 aliphatic rings. The van der Waals surface area contributed by atoms with Crippen LogP contribution in [0.3, 0.4) is 0 Å². The molecule has 4 heterocycles. The highest BCUT2D eigenvalue weighted by Gasteiger charge is 2.26. The standard InChI is InChI=1S/C25H31N7/c1-15-24(28-29-25(15)23-17(3)30-31(5)18(23)4)19-10-12-32(13-11-19)14-22-26-16(2)20-8-6-7-9-21(20)27-22/h6-9,19H,10-14H2,1-5H3,(H,28,29). The van der Waals surface area contributed by atoms with E-state index in [4.69, 9.17) is 15.1 Å². The highest BCUT2D eigenvalue weighted by atomic mass is 15.3. The zero-order valence-electron chi connectivity index (χ0n) is 19.6. The molecule has 166 valence electrons. The molecule has 1 aliphatic heterocycles. The molecule has 0 bridgehead atoms. The van der Waals surface area contributed by atoms with Crippen LogP contribution in [0.2, 0.25) is 0 Å². The quantitative estimate of drug-likeness (QED) is 0.521. The highest BCUT2D eigenvalue weighted by molar-refractivity contribution is 5.80. The van der Waals surface area contributed by atoms with E-state index in [9.17, 15) is 0 Å². The van der Waals surface area contributed by atoms with Gasteiger partial charge in [0.2, 0.25) is 0 Å². The lowest BCUT2D eigenvalue weighted by atomic mass is 9.90. The molecule has 5 rings (SSSR count). The van der Waals surface area contributed by atoms with Gasteiger partial charge < -0.3 is 0 Å². The molecule has 1 saturated heterocycles. The Morgan fingerprint density at radius 1 is 1.00 bits per heavy atom. The van der Waals surface area contributed by atoms with Crippen LogP contribution >= 0.6 is 0 Å². The molecule has 3 aromatic heterocycles. The van der Waals surface area contributed by atoms with E-state index in [1.54, 1.807) is 0 Å². The van der Waals surface area contributed by atoms with Crippen molar-refractivity contribution in [3.8, 4) is 11.3 Å². The lowest BCUT2D eigenvalue weighted by Gasteiger charge is -2.31. The lowest BCUT2D eigenvalue weighted by molar-refractivity contribution is 0.199. The van der Waals surface area contributed by atoms with Crippen molar-refractivity contribution in [2.75, 3.05) is 13.1 Å². The number of hydrogen-bond acceptors (Lipinski definition) is 5. The Balaban J connectivity index is 1.29. The maximum absolute atomic E-state index is 4.80. The first-order chi connectivity index (χ1) is 15.4. The SMILES string of the molecule is Cc1nn(C)c(C)c1-c1n[nH]c(C2CCN(Cc3nc(C)c4ccccc4n3)CC2)c1C. The van der Waals surface area contributed by atoms with Gasteiger partial charge in [-0.1, -0.05) is 18.2 Å². The van der Waals surface area contributed by atoms with Crippen molar-refractivity contribution in [3.05, 3.63) is 58.4 Å². The maximum atomic E-state index is 4.80. The number of aromatic nitrogens is 6. The van der Waals surface area contributed by atoms with Crippen LogP contribution < -0.4 is 0 Å². The van der Waals surface area contributed by atoms with Gasteiger partial charge in [0, 0.05) is 41.0 Å². The van der Waals surface area contributed by atoms with E-state index in [0.29, 0.717) is 5.92 Å². The molecule has 1 N–H and O–H groups in total. The number of aromatic amines is 1. The number of hydrogen-bond donors (Lipinski definition) is 1. The van der Waals surface area contributed by atoms with Crippen LogP contribution in [-0.4, -0.2) is 47.9 Å². The van der Waals surface area contributed by atoms with Gasteiger partial charge in [-0.2, -0.15) is 10.2 Å². The third-order valence-corrected chi connectivity index (χ3v) is 6.99. The average Bonchev–Trinajstić information content (AvgIpc) is 3.26. The number of fused-ring (bicyclic) bond motifs is 1. The van der Waals surface area contributed by atoms with Crippen molar-refractivity contribution in [1.82, 2.24) is 34.8 Å². The third kappa shape index (κ3) is 3.60. The minimum Gasteiger partial charge on any atom is -0.296 e. The van der Waals surface area contributed by atoms with Crippen molar-refractivity contribution in [1.29, 1.82) is 0 Å². The third-order valence-electron chi connectivity index (χ3n) is 6.99. The largest absolute Gasteiger partial charge is 0.296 e. The van der Waals surface area contributed by atoms with Gasteiger partial charge in [-0.25, -0.2) is 9.97 Å². The molecular weight excluding hydrogens is 398 g/mol. The van der Waals surface area contributed by atoms with Crippen molar-refractivity contribution in [2.45, 2.75) is 53.0 Å². The summed E-state index contributed by atoms with van der Waals surface area (Å²) in [4.78, 5) is 12.0. The number of H-pyrrole nitrogens is 1. The van der Waals surface area contributed by atoms with Crippen LogP contribution in [0.25, 0.3) is 22.2 Å². The molecule has 0 saturated carbocycles. The molecule has 4 aromatic rings. The fraction of sp³-hybridized carbons (Fsp3) is 0.440. The zero-order chi connectivity index (χ0) is 22.4. The minimum absolute atomic E-state index is 0.504. The van der Waals surface area contributed by atoms with Gasteiger partial charge >= 0.3 is 0 Å². The molecule has 1 aromatic carbocycles. The molecule has 0 aliphatic carbocycles. The van der Waals surface area contributed by atoms with Crippen molar-refractivity contribution >= 4 is 10.9 Å². The Kier molecular flexibility index (Phi) is 5.29. The summed E-state index contributed by atoms with van der Waals surface area (Å²) in [6.45, 7) is 11.3. The molecule has 7 heteroatoms. The molecule has 0 unspecified atom stereocenters.